The van der Waals surface area contributed by atoms with E-state index in [0.29, 0.717) is 23.7 Å². The minimum Gasteiger partial charge on any atom is -0.494 e. The lowest BCUT2D eigenvalue weighted by atomic mass is 10.0. The number of carbonyl (C=O) groups excluding carboxylic acids is 2. The van der Waals surface area contributed by atoms with Crippen LogP contribution in [0.1, 0.15) is 23.0 Å². The fourth-order valence-corrected chi connectivity index (χ4v) is 5.02. The highest BCUT2D eigenvalue weighted by Crippen LogP contribution is 2.31. The smallest absolute Gasteiger partial charge is 0.298 e. The molecule has 0 fully saturated rings. The van der Waals surface area contributed by atoms with Crippen molar-refractivity contribution in [2.45, 2.75) is 19.9 Å². The molecule has 2 N–H and O–H groups in total. The number of anilines is 1. The lowest BCUT2D eigenvalue weighted by molar-refractivity contribution is -0.112. The van der Waals surface area contributed by atoms with Crippen molar-refractivity contribution < 1.29 is 14.3 Å². The van der Waals surface area contributed by atoms with Crippen LogP contribution in [0.4, 0.5) is 5.13 Å². The summed E-state index contributed by atoms with van der Waals surface area (Å²) in [6, 6.07) is 13.4. The number of carbonyl (C=O) groups is 2. The van der Waals surface area contributed by atoms with Crippen molar-refractivity contribution in [3.05, 3.63) is 53.7 Å². The Morgan fingerprint density at radius 3 is 2.97 bits per heavy atom. The Morgan fingerprint density at radius 1 is 1.23 bits per heavy atom. The predicted octanol–water partition coefficient (Wildman–Crippen LogP) is 3.62. The third kappa shape index (κ3) is 3.58. The van der Waals surface area contributed by atoms with E-state index in [0.717, 1.165) is 52.2 Å². The Labute approximate surface area is 183 Å². The Hall–Kier alpha value is -3.23. The van der Waals surface area contributed by atoms with Gasteiger partial charge in [0.05, 0.1) is 22.4 Å². The molecule has 0 aliphatic carbocycles. The molecule has 3 heterocycles. The first-order valence-corrected chi connectivity index (χ1v) is 11.2. The molecule has 0 spiro atoms. The molecule has 5 rings (SSSR count). The molecule has 8 heteroatoms. The molecule has 2 aromatic heterocycles. The summed E-state index contributed by atoms with van der Waals surface area (Å²) in [7, 11) is 0. The van der Waals surface area contributed by atoms with E-state index in [1.807, 2.05) is 49.4 Å². The number of Topliss-reactive ketones (excluding diaryl/α,β-unsaturated/α-hetero) is 1. The summed E-state index contributed by atoms with van der Waals surface area (Å²) >= 11 is 1.33. The number of amides is 1. The lowest BCUT2D eigenvalue weighted by Gasteiger charge is -2.06. The molecule has 2 aromatic carbocycles. The lowest BCUT2D eigenvalue weighted by Crippen LogP contribution is -2.24. The zero-order valence-electron chi connectivity index (χ0n) is 17.1. The summed E-state index contributed by atoms with van der Waals surface area (Å²) in [5.74, 6) is -0.439. The van der Waals surface area contributed by atoms with E-state index in [4.69, 9.17) is 4.74 Å². The van der Waals surface area contributed by atoms with E-state index < -0.39 is 11.7 Å². The summed E-state index contributed by atoms with van der Waals surface area (Å²) in [4.78, 5) is 30.6. The number of nitrogens with one attached hydrogen (secondary N) is 2. The average Bonchev–Trinajstić information content (AvgIpc) is 3.21. The maximum absolute atomic E-state index is 13.3. The van der Waals surface area contributed by atoms with Gasteiger partial charge < -0.3 is 14.6 Å². The number of aromatic nitrogens is 2. The fourth-order valence-electron chi connectivity index (χ4n) is 4.13. The van der Waals surface area contributed by atoms with Gasteiger partial charge in [0.1, 0.15) is 5.75 Å². The van der Waals surface area contributed by atoms with Gasteiger partial charge in [-0.1, -0.05) is 29.5 Å². The zero-order valence-corrected chi connectivity index (χ0v) is 17.9. The van der Waals surface area contributed by atoms with Gasteiger partial charge in [-0.15, -0.1) is 0 Å². The molecule has 0 radical (unpaired) electrons. The van der Waals surface area contributed by atoms with Gasteiger partial charge in [-0.25, -0.2) is 4.98 Å². The summed E-state index contributed by atoms with van der Waals surface area (Å²) in [5, 5.41) is 7.29. The van der Waals surface area contributed by atoms with Crippen LogP contribution in [0, 0.1) is 0 Å². The Balaban J connectivity index is 1.47. The van der Waals surface area contributed by atoms with Gasteiger partial charge in [-0.05, 0) is 31.2 Å². The van der Waals surface area contributed by atoms with Gasteiger partial charge in [0.2, 0.25) is 0 Å². The molecular weight excluding hydrogens is 412 g/mol. The Bertz CT molecular complexity index is 1310. The first kappa shape index (κ1) is 19.7. The van der Waals surface area contributed by atoms with Crippen molar-refractivity contribution in [2.24, 2.45) is 0 Å². The molecule has 0 unspecified atom stereocenters. The second-order valence-corrected chi connectivity index (χ2v) is 8.39. The number of thiazole rings is 1. The minimum absolute atomic E-state index is 0.401. The number of rotatable bonds is 5. The van der Waals surface area contributed by atoms with Crippen molar-refractivity contribution in [1.29, 1.82) is 0 Å². The molecule has 0 bridgehead atoms. The highest BCUT2D eigenvalue weighted by Gasteiger charge is 2.28. The monoisotopic (exact) mass is 434 g/mol. The maximum Gasteiger partial charge on any atom is 0.298 e. The van der Waals surface area contributed by atoms with Crippen molar-refractivity contribution >= 4 is 49.3 Å². The molecule has 7 nitrogen and oxygen atoms in total. The molecule has 158 valence electrons. The van der Waals surface area contributed by atoms with E-state index in [9.17, 15) is 9.59 Å². The summed E-state index contributed by atoms with van der Waals surface area (Å²) in [5.41, 5.74) is 3.15. The Morgan fingerprint density at radius 2 is 2.10 bits per heavy atom. The van der Waals surface area contributed by atoms with E-state index in [-0.39, 0.29) is 0 Å². The number of hydrogen-bond donors (Lipinski definition) is 2. The standard InChI is InChI=1S/C23H22N4O3S/c1-2-30-14-7-8-16-19(13-14)31-23(25-16)26-22(29)21(28)20-15-5-3-4-6-17(15)27-12-11-24-10-9-18(20)27/h3-8,13,24H,2,9-12H2,1H3,(H,25,26,29). The number of para-hydroxylation sites is 1. The number of hydrogen-bond acceptors (Lipinski definition) is 6. The first-order valence-electron chi connectivity index (χ1n) is 10.4. The molecule has 0 atom stereocenters. The number of fused-ring (bicyclic) bond motifs is 4. The second kappa shape index (κ2) is 8.13. The molecular formula is C23H22N4O3S. The summed E-state index contributed by atoms with van der Waals surface area (Å²) in [6.45, 7) is 4.88. The number of benzene rings is 2. The van der Waals surface area contributed by atoms with Crippen molar-refractivity contribution in [1.82, 2.24) is 14.9 Å². The second-order valence-electron chi connectivity index (χ2n) is 7.36. The van der Waals surface area contributed by atoms with Crippen LogP contribution in [0.25, 0.3) is 21.1 Å². The molecule has 4 aromatic rings. The van der Waals surface area contributed by atoms with Crippen LogP contribution in [0.2, 0.25) is 0 Å². The normalized spacial score (nSPS) is 13.7. The van der Waals surface area contributed by atoms with E-state index in [1.165, 1.54) is 11.3 Å². The fraction of sp³-hybridized carbons (Fsp3) is 0.261. The van der Waals surface area contributed by atoms with Crippen LogP contribution in [-0.4, -0.2) is 40.9 Å². The van der Waals surface area contributed by atoms with E-state index in [1.54, 1.807) is 0 Å². The van der Waals surface area contributed by atoms with Gasteiger partial charge in [-0.3, -0.25) is 14.9 Å². The average molecular weight is 435 g/mol. The third-order valence-corrected chi connectivity index (χ3v) is 6.39. The van der Waals surface area contributed by atoms with Gasteiger partial charge in [0, 0.05) is 42.7 Å². The van der Waals surface area contributed by atoms with Gasteiger partial charge in [0.15, 0.2) is 5.13 Å². The van der Waals surface area contributed by atoms with E-state index >= 15 is 0 Å². The third-order valence-electron chi connectivity index (χ3n) is 5.45. The number of ketones is 1. The van der Waals surface area contributed by atoms with Crippen LogP contribution in [0.5, 0.6) is 5.75 Å². The Kier molecular flexibility index (Phi) is 5.17. The predicted molar refractivity (Wildman–Crippen MR) is 122 cm³/mol. The molecule has 0 saturated carbocycles. The van der Waals surface area contributed by atoms with Crippen LogP contribution >= 0.6 is 11.3 Å². The first-order chi connectivity index (χ1) is 15.2. The highest BCUT2D eigenvalue weighted by molar-refractivity contribution is 7.22. The molecule has 0 saturated heterocycles. The molecule has 1 aliphatic heterocycles. The minimum atomic E-state index is -0.666. The van der Waals surface area contributed by atoms with Crippen LogP contribution in [0.3, 0.4) is 0 Å². The molecule has 1 aliphatic rings. The van der Waals surface area contributed by atoms with Gasteiger partial charge in [0.25, 0.3) is 11.7 Å². The van der Waals surface area contributed by atoms with Crippen molar-refractivity contribution in [3.8, 4) is 5.75 Å². The molecule has 31 heavy (non-hydrogen) atoms. The SMILES string of the molecule is CCOc1ccc2nc(NC(=O)C(=O)c3c4n(c5ccccc35)CCNCC4)sc2c1. The maximum atomic E-state index is 13.3. The summed E-state index contributed by atoms with van der Waals surface area (Å²) in [6.07, 6.45) is 0.699. The topological polar surface area (TPSA) is 85.2 Å². The quantitative estimate of drug-likeness (QED) is 0.370. The summed E-state index contributed by atoms with van der Waals surface area (Å²) < 4.78 is 8.57. The van der Waals surface area contributed by atoms with Crippen LogP contribution in [0.15, 0.2) is 42.5 Å². The van der Waals surface area contributed by atoms with Crippen molar-refractivity contribution in [2.75, 3.05) is 25.0 Å². The molecule has 1 amide bonds. The van der Waals surface area contributed by atoms with Crippen molar-refractivity contribution in [3.63, 3.8) is 0 Å². The zero-order chi connectivity index (χ0) is 21.4. The van der Waals surface area contributed by atoms with Gasteiger partial charge in [-0.2, -0.15) is 0 Å². The number of ether oxygens (including phenoxy) is 1. The number of nitrogens with zero attached hydrogens (tertiary/aromatic N) is 2. The van der Waals surface area contributed by atoms with Gasteiger partial charge >= 0.3 is 0 Å². The van der Waals surface area contributed by atoms with Crippen LogP contribution in [-0.2, 0) is 17.8 Å². The van der Waals surface area contributed by atoms with Crippen LogP contribution < -0.4 is 15.4 Å². The largest absolute Gasteiger partial charge is 0.494 e. The highest BCUT2D eigenvalue weighted by atomic mass is 32.1. The van der Waals surface area contributed by atoms with E-state index in [2.05, 4.69) is 20.2 Å².